The first-order valence-electron chi connectivity index (χ1n) is 9.74. The normalized spacial score (nSPS) is 13.8. The maximum atomic E-state index is 9.50. The maximum absolute atomic E-state index is 9.50. The zero-order valence-electron chi connectivity index (χ0n) is 16.3. The first kappa shape index (κ1) is 19.3. The number of piperidine rings is 1. The minimum Gasteiger partial charge on any atom is -0.508 e. The predicted molar refractivity (Wildman–Crippen MR) is 115 cm³/mol. The Morgan fingerprint density at radius 1 is 1.00 bits per heavy atom. The van der Waals surface area contributed by atoms with Crippen LogP contribution in [0.4, 0.5) is 11.5 Å². The minimum absolute atomic E-state index is 0.0875. The summed E-state index contributed by atoms with van der Waals surface area (Å²) in [6.45, 7) is 8.88. The van der Waals surface area contributed by atoms with Gasteiger partial charge in [0, 0.05) is 31.5 Å². The van der Waals surface area contributed by atoms with Gasteiger partial charge in [-0.15, -0.1) is 10.2 Å². The van der Waals surface area contributed by atoms with Crippen molar-refractivity contribution < 1.29 is 9.84 Å². The summed E-state index contributed by atoms with van der Waals surface area (Å²) < 4.78 is 6.05. The van der Waals surface area contributed by atoms with E-state index in [1.165, 1.54) is 0 Å². The van der Waals surface area contributed by atoms with Gasteiger partial charge in [-0.2, -0.15) is 0 Å². The number of aromatic nitrogens is 2. The summed E-state index contributed by atoms with van der Waals surface area (Å²) in [6.07, 6.45) is 1.80. The Kier molecular flexibility index (Phi) is 5.78. The monoisotopic (exact) mass is 396 g/mol. The standard InChI is InChI=1S/C24H20N4O2/c1-25-22-7-2-3-8-23(22)30-21-13-15-28(16-14-21)24-12-11-19(26-27-24)10-9-18-5-4-6-20(29)17-18/h2-8,11-12,17,21,29H,13-16H2. The Labute approximate surface area is 175 Å². The van der Waals surface area contributed by atoms with Crippen molar-refractivity contribution in [1.82, 2.24) is 10.2 Å². The lowest BCUT2D eigenvalue weighted by Gasteiger charge is -2.32. The first-order valence-corrected chi connectivity index (χ1v) is 9.74. The quantitative estimate of drug-likeness (QED) is 0.532. The van der Waals surface area contributed by atoms with Gasteiger partial charge in [0.05, 0.1) is 6.57 Å². The molecule has 0 spiro atoms. The van der Waals surface area contributed by atoms with Crippen LogP contribution in [-0.4, -0.2) is 34.5 Å². The van der Waals surface area contributed by atoms with Crippen molar-refractivity contribution in [3.63, 3.8) is 0 Å². The van der Waals surface area contributed by atoms with Gasteiger partial charge in [-0.3, -0.25) is 0 Å². The number of phenolic OH excluding ortho intramolecular Hbond substituents is 1. The number of rotatable bonds is 3. The van der Waals surface area contributed by atoms with Gasteiger partial charge in [0.1, 0.15) is 23.3 Å². The Hall–Kier alpha value is -4.03. The van der Waals surface area contributed by atoms with Crippen LogP contribution in [0.1, 0.15) is 24.1 Å². The average Bonchev–Trinajstić information content (AvgIpc) is 2.79. The molecule has 6 nitrogen and oxygen atoms in total. The van der Waals surface area contributed by atoms with Crippen LogP contribution in [0.15, 0.2) is 60.7 Å². The van der Waals surface area contributed by atoms with Gasteiger partial charge in [-0.1, -0.05) is 30.2 Å². The molecule has 1 aliphatic heterocycles. The van der Waals surface area contributed by atoms with Crippen LogP contribution in [0.25, 0.3) is 4.85 Å². The number of para-hydroxylation sites is 2. The molecule has 1 fully saturated rings. The third-order valence-corrected chi connectivity index (χ3v) is 4.88. The van der Waals surface area contributed by atoms with Crippen LogP contribution in [0.5, 0.6) is 11.5 Å². The summed E-state index contributed by atoms with van der Waals surface area (Å²) in [4.78, 5) is 5.70. The molecule has 0 unspecified atom stereocenters. The van der Waals surface area contributed by atoms with Crippen molar-refractivity contribution in [3.05, 3.63) is 83.3 Å². The fraction of sp³-hybridized carbons (Fsp3) is 0.208. The molecule has 0 saturated carbocycles. The molecule has 0 radical (unpaired) electrons. The molecule has 0 amide bonds. The third-order valence-electron chi connectivity index (χ3n) is 4.88. The first-order chi connectivity index (χ1) is 14.7. The topological polar surface area (TPSA) is 62.8 Å². The number of nitrogens with zero attached hydrogens (tertiary/aromatic N) is 4. The highest BCUT2D eigenvalue weighted by Gasteiger charge is 2.22. The smallest absolute Gasteiger partial charge is 0.228 e. The van der Waals surface area contributed by atoms with Gasteiger partial charge in [-0.05, 0) is 42.3 Å². The lowest BCUT2D eigenvalue weighted by Crippen LogP contribution is -2.38. The van der Waals surface area contributed by atoms with Gasteiger partial charge < -0.3 is 14.7 Å². The number of hydrogen-bond donors (Lipinski definition) is 1. The summed E-state index contributed by atoms with van der Waals surface area (Å²) in [5, 5.41) is 18.0. The van der Waals surface area contributed by atoms with Gasteiger partial charge in [0.25, 0.3) is 0 Å². The molecule has 1 saturated heterocycles. The molecule has 0 bridgehead atoms. The molecule has 30 heavy (non-hydrogen) atoms. The molecule has 1 aromatic heterocycles. The van der Waals surface area contributed by atoms with E-state index in [-0.39, 0.29) is 11.9 Å². The Morgan fingerprint density at radius 3 is 2.57 bits per heavy atom. The minimum atomic E-state index is 0.0875. The lowest BCUT2D eigenvalue weighted by molar-refractivity contribution is 0.172. The highest BCUT2D eigenvalue weighted by Crippen LogP contribution is 2.30. The summed E-state index contributed by atoms with van der Waals surface area (Å²) in [5.74, 6) is 7.60. The molecule has 2 aromatic carbocycles. The summed E-state index contributed by atoms with van der Waals surface area (Å²) in [7, 11) is 0. The van der Waals surface area contributed by atoms with E-state index in [4.69, 9.17) is 11.3 Å². The molecule has 148 valence electrons. The van der Waals surface area contributed by atoms with Gasteiger partial charge >= 0.3 is 0 Å². The third kappa shape index (κ3) is 4.68. The largest absolute Gasteiger partial charge is 0.508 e. The van der Waals surface area contributed by atoms with Crippen molar-refractivity contribution in [2.45, 2.75) is 18.9 Å². The molecule has 0 aliphatic carbocycles. The van der Waals surface area contributed by atoms with E-state index >= 15 is 0 Å². The fourth-order valence-electron chi connectivity index (χ4n) is 3.31. The Balaban J connectivity index is 1.35. The van der Waals surface area contributed by atoms with Gasteiger partial charge in [0.15, 0.2) is 5.82 Å². The molecular formula is C24H20N4O2. The van der Waals surface area contributed by atoms with E-state index in [0.717, 1.165) is 37.3 Å². The van der Waals surface area contributed by atoms with E-state index in [0.29, 0.717) is 17.1 Å². The van der Waals surface area contributed by atoms with Gasteiger partial charge in [-0.25, -0.2) is 4.85 Å². The Bertz CT molecular complexity index is 1120. The number of hydrogen-bond acceptors (Lipinski definition) is 5. The van der Waals surface area contributed by atoms with Gasteiger partial charge in [0.2, 0.25) is 5.69 Å². The van der Waals surface area contributed by atoms with Crippen LogP contribution in [-0.2, 0) is 0 Å². The fourth-order valence-corrected chi connectivity index (χ4v) is 3.31. The van der Waals surface area contributed by atoms with Crippen LogP contribution in [0.3, 0.4) is 0 Å². The highest BCUT2D eigenvalue weighted by molar-refractivity contribution is 5.57. The number of benzene rings is 2. The SMILES string of the molecule is [C-]#[N+]c1ccccc1OC1CCN(c2ccc(C#Cc3cccc(O)c3)nn2)CC1. The van der Waals surface area contributed by atoms with Crippen LogP contribution in [0.2, 0.25) is 0 Å². The van der Waals surface area contributed by atoms with Crippen molar-refractivity contribution in [1.29, 1.82) is 0 Å². The second-order valence-corrected chi connectivity index (χ2v) is 6.96. The van der Waals surface area contributed by atoms with Crippen LogP contribution >= 0.6 is 0 Å². The summed E-state index contributed by atoms with van der Waals surface area (Å²) >= 11 is 0. The average molecular weight is 396 g/mol. The van der Waals surface area contributed by atoms with E-state index in [2.05, 4.69) is 31.8 Å². The highest BCUT2D eigenvalue weighted by atomic mass is 16.5. The van der Waals surface area contributed by atoms with E-state index in [9.17, 15) is 5.11 Å². The number of anilines is 1. The second-order valence-electron chi connectivity index (χ2n) is 6.96. The molecule has 4 rings (SSSR count). The number of ether oxygens (including phenoxy) is 1. The van der Waals surface area contributed by atoms with E-state index < -0.39 is 0 Å². The van der Waals surface area contributed by atoms with Crippen LogP contribution < -0.4 is 9.64 Å². The predicted octanol–water partition coefficient (Wildman–Crippen LogP) is 4.18. The van der Waals surface area contributed by atoms with E-state index in [1.54, 1.807) is 24.3 Å². The molecule has 6 heteroatoms. The molecule has 1 N–H and O–H groups in total. The maximum Gasteiger partial charge on any atom is 0.228 e. The Morgan fingerprint density at radius 2 is 1.83 bits per heavy atom. The van der Waals surface area contributed by atoms with Crippen molar-refractivity contribution >= 4 is 11.5 Å². The van der Waals surface area contributed by atoms with Crippen LogP contribution in [0, 0.1) is 18.4 Å². The summed E-state index contributed by atoms with van der Waals surface area (Å²) in [6, 6.07) is 17.9. The lowest BCUT2D eigenvalue weighted by atomic mass is 10.1. The van der Waals surface area contributed by atoms with Crippen molar-refractivity contribution in [3.8, 4) is 23.3 Å². The zero-order valence-corrected chi connectivity index (χ0v) is 16.3. The number of aromatic hydroxyl groups is 1. The van der Waals surface area contributed by atoms with Crippen molar-refractivity contribution in [2.24, 2.45) is 0 Å². The molecular weight excluding hydrogens is 376 g/mol. The number of phenols is 1. The van der Waals surface area contributed by atoms with E-state index in [1.807, 2.05) is 36.4 Å². The molecule has 1 aliphatic rings. The molecule has 2 heterocycles. The van der Waals surface area contributed by atoms with Crippen molar-refractivity contribution in [2.75, 3.05) is 18.0 Å². The molecule has 0 atom stereocenters. The molecule has 3 aromatic rings. The summed E-state index contributed by atoms with van der Waals surface area (Å²) in [5.41, 5.74) is 1.85. The zero-order chi connectivity index (χ0) is 20.8. The second kappa shape index (κ2) is 8.98.